The Morgan fingerprint density at radius 3 is 2.39 bits per heavy atom. The Morgan fingerprint density at radius 1 is 0.935 bits per heavy atom. The Hall–Kier alpha value is -4.90. The van der Waals surface area contributed by atoms with Crippen LogP contribution in [0.15, 0.2) is 42.5 Å². The first kappa shape index (κ1) is 29.8. The molecular formula is C35H36N2O9. The zero-order valence-electron chi connectivity index (χ0n) is 26.9. The average molecular weight is 629 g/mol. The van der Waals surface area contributed by atoms with Crippen LogP contribution in [0.2, 0.25) is 0 Å². The molecule has 0 spiro atoms. The lowest BCUT2D eigenvalue weighted by Gasteiger charge is -2.39. The lowest BCUT2D eigenvalue weighted by atomic mass is 9.82. The molecule has 2 unspecified atom stereocenters. The largest absolute Gasteiger partial charge is 0.493 e. The lowest BCUT2D eigenvalue weighted by Crippen LogP contribution is -2.36. The molecule has 0 fully saturated rings. The van der Waals surface area contributed by atoms with Gasteiger partial charge in [0.25, 0.3) is 0 Å². The topological polar surface area (TPSA) is 107 Å². The third-order valence-electron chi connectivity index (χ3n) is 8.76. The fourth-order valence-corrected chi connectivity index (χ4v) is 6.95. The zero-order valence-corrected chi connectivity index (χ0v) is 26.9. The highest BCUT2D eigenvalue weighted by Crippen LogP contribution is 2.59. The van der Waals surface area contributed by atoms with Gasteiger partial charge in [0.15, 0.2) is 23.0 Å². The van der Waals surface area contributed by atoms with Gasteiger partial charge in [-0.25, -0.2) is 14.2 Å². The highest BCUT2D eigenvalue weighted by molar-refractivity contribution is 6.00. The molecule has 3 aliphatic heterocycles. The Kier molecular flexibility index (Phi) is 7.04. The van der Waals surface area contributed by atoms with Crippen molar-refractivity contribution in [3.63, 3.8) is 0 Å². The van der Waals surface area contributed by atoms with Gasteiger partial charge in [0.1, 0.15) is 17.3 Å². The third kappa shape index (κ3) is 4.44. The number of likely N-dealkylation sites (N-methyl/N-ethyl adjacent to an activating group) is 1. The number of hydrogen-bond donors (Lipinski definition) is 0. The van der Waals surface area contributed by atoms with Gasteiger partial charge in [0.05, 0.1) is 38.6 Å². The normalized spacial score (nSPS) is 18.6. The van der Waals surface area contributed by atoms with Gasteiger partial charge in [-0.3, -0.25) is 4.90 Å². The summed E-state index contributed by atoms with van der Waals surface area (Å²) in [5.41, 5.74) is 3.99. The standard InChI is InChI=1S/C35H36N2O9/c1-35(2,3)46-34(39)37-21-11-9-8-10-18(21)16-22(37)24-19-14-15-36(4)27(25(19)30(42-7)32-31(24)43-17-44-32)28-20-12-13-23(40-5)29(41-6)26(20)33(38)45-28/h8-13,16,27-28H,14-15,17H2,1-7H3. The quantitative estimate of drug-likeness (QED) is 0.234. The number of hydrogen-bond acceptors (Lipinski definition) is 10. The minimum atomic E-state index is -0.724. The highest BCUT2D eigenvalue weighted by atomic mass is 16.7. The molecule has 0 bridgehead atoms. The van der Waals surface area contributed by atoms with Crippen LogP contribution in [-0.2, 0) is 15.9 Å². The maximum Gasteiger partial charge on any atom is 0.419 e. The van der Waals surface area contributed by atoms with Crippen molar-refractivity contribution < 1.29 is 42.7 Å². The monoisotopic (exact) mass is 628 g/mol. The summed E-state index contributed by atoms with van der Waals surface area (Å²) >= 11 is 0. The molecule has 1 aromatic heterocycles. The van der Waals surface area contributed by atoms with E-state index in [1.807, 2.05) is 64.2 Å². The van der Waals surface area contributed by atoms with Gasteiger partial charge in [-0.05, 0) is 58.0 Å². The predicted octanol–water partition coefficient (Wildman–Crippen LogP) is 6.29. The Labute approximate surface area is 266 Å². The minimum Gasteiger partial charge on any atom is -0.493 e. The number of rotatable bonds is 5. The van der Waals surface area contributed by atoms with E-state index in [4.69, 9.17) is 33.2 Å². The predicted molar refractivity (Wildman–Crippen MR) is 168 cm³/mol. The maximum absolute atomic E-state index is 13.9. The molecule has 4 heterocycles. The van der Waals surface area contributed by atoms with E-state index in [-0.39, 0.29) is 6.79 Å². The summed E-state index contributed by atoms with van der Waals surface area (Å²) in [6, 6.07) is 12.8. The molecule has 2 atom stereocenters. The third-order valence-corrected chi connectivity index (χ3v) is 8.76. The van der Waals surface area contributed by atoms with E-state index in [2.05, 4.69) is 4.90 Å². The van der Waals surface area contributed by atoms with E-state index in [1.165, 1.54) is 14.2 Å². The van der Waals surface area contributed by atoms with Crippen molar-refractivity contribution in [2.45, 2.75) is 44.9 Å². The second-order valence-corrected chi connectivity index (χ2v) is 12.5. The number of carbonyl (C=O) groups excluding carboxylic acids is 2. The fraction of sp³-hybridized carbons (Fsp3) is 0.371. The number of cyclic esters (lactones) is 1. The molecule has 46 heavy (non-hydrogen) atoms. The number of nitrogens with zero attached hydrogens (tertiary/aromatic N) is 2. The van der Waals surface area contributed by atoms with Crippen molar-refractivity contribution in [3.05, 3.63) is 64.7 Å². The molecule has 0 radical (unpaired) electrons. The van der Waals surface area contributed by atoms with Crippen LogP contribution in [0.3, 0.4) is 0 Å². The van der Waals surface area contributed by atoms with E-state index in [9.17, 15) is 9.59 Å². The number of benzene rings is 3. The zero-order chi connectivity index (χ0) is 32.5. The fourth-order valence-electron chi connectivity index (χ4n) is 6.95. The molecule has 3 aliphatic rings. The molecule has 0 amide bonds. The van der Waals surface area contributed by atoms with Crippen LogP contribution in [0.1, 0.15) is 60.0 Å². The summed E-state index contributed by atoms with van der Waals surface area (Å²) in [6.45, 7) is 6.12. The van der Waals surface area contributed by atoms with Crippen molar-refractivity contribution in [1.29, 1.82) is 0 Å². The van der Waals surface area contributed by atoms with Gasteiger partial charge in [0, 0.05) is 28.6 Å². The Morgan fingerprint density at radius 2 is 1.67 bits per heavy atom. The van der Waals surface area contributed by atoms with Crippen molar-refractivity contribution in [1.82, 2.24) is 9.47 Å². The first-order valence-electron chi connectivity index (χ1n) is 15.1. The van der Waals surface area contributed by atoms with Crippen LogP contribution < -0.4 is 23.7 Å². The van der Waals surface area contributed by atoms with Crippen molar-refractivity contribution >= 4 is 23.0 Å². The van der Waals surface area contributed by atoms with E-state index >= 15 is 0 Å². The minimum absolute atomic E-state index is 0.0208. The second-order valence-electron chi connectivity index (χ2n) is 12.5. The summed E-state index contributed by atoms with van der Waals surface area (Å²) in [4.78, 5) is 29.5. The average Bonchev–Trinajstić information content (AvgIpc) is 3.74. The number of fused-ring (bicyclic) bond motifs is 4. The number of esters is 1. The summed E-state index contributed by atoms with van der Waals surface area (Å²) in [5, 5.41) is 0.866. The van der Waals surface area contributed by atoms with Crippen LogP contribution in [0.5, 0.6) is 28.7 Å². The Bertz CT molecular complexity index is 1900. The first-order valence-corrected chi connectivity index (χ1v) is 15.1. The van der Waals surface area contributed by atoms with Gasteiger partial charge in [-0.2, -0.15) is 0 Å². The molecule has 240 valence electrons. The van der Waals surface area contributed by atoms with E-state index in [1.54, 1.807) is 17.7 Å². The van der Waals surface area contributed by atoms with Gasteiger partial charge >= 0.3 is 12.1 Å². The highest BCUT2D eigenvalue weighted by Gasteiger charge is 2.47. The number of ether oxygens (including phenoxy) is 7. The second kappa shape index (κ2) is 10.9. The number of aromatic nitrogens is 1. The maximum atomic E-state index is 13.9. The van der Waals surface area contributed by atoms with Crippen LogP contribution in [0, 0.1) is 0 Å². The van der Waals surface area contributed by atoms with E-state index in [0.717, 1.165) is 16.5 Å². The van der Waals surface area contributed by atoms with Crippen LogP contribution >= 0.6 is 0 Å². The summed E-state index contributed by atoms with van der Waals surface area (Å²) in [6.07, 6.45) is -0.615. The van der Waals surface area contributed by atoms with Gasteiger partial charge in [-0.1, -0.05) is 24.3 Å². The van der Waals surface area contributed by atoms with Gasteiger partial charge in [-0.15, -0.1) is 0 Å². The van der Waals surface area contributed by atoms with E-state index < -0.39 is 29.8 Å². The molecule has 3 aromatic carbocycles. The molecule has 7 rings (SSSR count). The van der Waals surface area contributed by atoms with Crippen molar-refractivity contribution in [3.8, 4) is 40.0 Å². The molecule has 11 heteroatoms. The summed E-state index contributed by atoms with van der Waals surface area (Å²) in [5.74, 6) is 1.67. The number of para-hydroxylation sites is 1. The molecule has 0 N–H and O–H groups in total. The van der Waals surface area contributed by atoms with Crippen molar-refractivity contribution in [2.75, 3.05) is 41.7 Å². The number of methoxy groups -OCH3 is 3. The van der Waals surface area contributed by atoms with Crippen LogP contribution in [0.25, 0.3) is 22.2 Å². The van der Waals surface area contributed by atoms with Gasteiger partial charge in [0.2, 0.25) is 12.5 Å². The molecule has 0 saturated carbocycles. The first-order chi connectivity index (χ1) is 22.1. The summed E-state index contributed by atoms with van der Waals surface area (Å²) < 4.78 is 43.0. The molecule has 0 saturated heterocycles. The smallest absolute Gasteiger partial charge is 0.419 e. The lowest BCUT2D eigenvalue weighted by molar-refractivity contribution is 0.00874. The number of carbonyl (C=O) groups is 2. The molecule has 4 aromatic rings. The summed E-state index contributed by atoms with van der Waals surface area (Å²) in [7, 11) is 6.60. The molecular weight excluding hydrogens is 592 g/mol. The SMILES string of the molecule is COc1ccc2c(c1OC)C(=O)OC2C1c2c(c(-c3cc4ccccc4n3C(=O)OC(C)(C)C)c3c(c2OC)OCO3)CCN1C. The van der Waals surface area contributed by atoms with Gasteiger partial charge < -0.3 is 33.2 Å². The molecule has 11 nitrogen and oxygen atoms in total. The van der Waals surface area contributed by atoms with Crippen LogP contribution in [-0.4, -0.2) is 68.8 Å². The van der Waals surface area contributed by atoms with Crippen molar-refractivity contribution in [2.24, 2.45) is 0 Å². The Balaban J connectivity index is 1.50. The molecule has 0 aliphatic carbocycles. The van der Waals surface area contributed by atoms with Crippen LogP contribution in [0.4, 0.5) is 4.79 Å². The van der Waals surface area contributed by atoms with E-state index in [0.29, 0.717) is 69.6 Å².